The van der Waals surface area contributed by atoms with E-state index in [1.54, 1.807) is 0 Å². The van der Waals surface area contributed by atoms with Crippen molar-refractivity contribution in [1.29, 1.82) is 0 Å². The molecule has 1 saturated carbocycles. The van der Waals surface area contributed by atoms with E-state index in [0.717, 1.165) is 56.9 Å². The SMILES string of the molecule is CN=C(NCCN1CCOCC1)NCC1(c2ccccc2Cl)CCC1. The first-order chi connectivity index (χ1) is 12.2. The maximum absolute atomic E-state index is 6.45. The van der Waals surface area contributed by atoms with Gasteiger partial charge in [-0.05, 0) is 24.5 Å². The molecule has 5 nitrogen and oxygen atoms in total. The number of aliphatic imine (C=N–C) groups is 1. The second-order valence-corrected chi connectivity index (χ2v) is 7.33. The molecule has 0 bridgehead atoms. The van der Waals surface area contributed by atoms with Crippen LogP contribution < -0.4 is 10.6 Å². The molecule has 1 aliphatic heterocycles. The van der Waals surface area contributed by atoms with Gasteiger partial charge in [0.15, 0.2) is 5.96 Å². The largest absolute Gasteiger partial charge is 0.379 e. The van der Waals surface area contributed by atoms with Crippen LogP contribution in [0.4, 0.5) is 0 Å². The lowest BCUT2D eigenvalue weighted by molar-refractivity contribution is 0.0389. The van der Waals surface area contributed by atoms with Crippen molar-refractivity contribution in [1.82, 2.24) is 15.5 Å². The molecule has 0 unspecified atom stereocenters. The first-order valence-corrected chi connectivity index (χ1v) is 9.61. The van der Waals surface area contributed by atoms with E-state index in [1.165, 1.54) is 24.8 Å². The van der Waals surface area contributed by atoms with E-state index < -0.39 is 0 Å². The quantitative estimate of drug-likeness (QED) is 0.600. The molecule has 1 aromatic rings. The molecular weight excluding hydrogens is 336 g/mol. The van der Waals surface area contributed by atoms with E-state index in [4.69, 9.17) is 16.3 Å². The number of nitrogens with zero attached hydrogens (tertiary/aromatic N) is 2. The van der Waals surface area contributed by atoms with E-state index in [2.05, 4.69) is 32.7 Å². The minimum absolute atomic E-state index is 0.139. The van der Waals surface area contributed by atoms with Gasteiger partial charge < -0.3 is 15.4 Å². The Balaban J connectivity index is 1.49. The van der Waals surface area contributed by atoms with E-state index in [9.17, 15) is 0 Å². The summed E-state index contributed by atoms with van der Waals surface area (Å²) in [6.07, 6.45) is 3.61. The number of morpholine rings is 1. The zero-order chi connectivity index (χ0) is 17.5. The summed E-state index contributed by atoms with van der Waals surface area (Å²) in [5, 5.41) is 7.81. The molecule has 1 aromatic carbocycles. The summed E-state index contributed by atoms with van der Waals surface area (Å²) in [5.74, 6) is 0.867. The highest BCUT2D eigenvalue weighted by molar-refractivity contribution is 6.31. The maximum atomic E-state index is 6.45. The molecule has 0 atom stereocenters. The minimum atomic E-state index is 0.139. The van der Waals surface area contributed by atoms with Crippen LogP contribution in [0.5, 0.6) is 0 Å². The molecular formula is C19H29ClN4O. The highest BCUT2D eigenvalue weighted by Gasteiger charge is 2.39. The van der Waals surface area contributed by atoms with Gasteiger partial charge in [-0.2, -0.15) is 0 Å². The van der Waals surface area contributed by atoms with Gasteiger partial charge in [-0.1, -0.05) is 36.2 Å². The lowest BCUT2D eigenvalue weighted by Crippen LogP contribution is -2.50. The predicted octanol–water partition coefficient (Wildman–Crippen LogP) is 2.26. The first-order valence-electron chi connectivity index (χ1n) is 9.23. The highest BCUT2D eigenvalue weighted by Crippen LogP contribution is 2.45. The lowest BCUT2D eigenvalue weighted by Gasteiger charge is -2.43. The van der Waals surface area contributed by atoms with Gasteiger partial charge in [0.2, 0.25) is 0 Å². The topological polar surface area (TPSA) is 48.9 Å². The standard InChI is InChI=1S/C19H29ClN4O/c1-21-18(22-9-10-24-11-13-25-14-12-24)23-15-19(7-4-8-19)16-5-2-3-6-17(16)20/h2-3,5-6H,4,7-15H2,1H3,(H2,21,22,23). The average Bonchev–Trinajstić information content (AvgIpc) is 2.61. The van der Waals surface area contributed by atoms with Gasteiger partial charge in [0.1, 0.15) is 0 Å². The van der Waals surface area contributed by atoms with E-state index in [-0.39, 0.29) is 5.41 Å². The molecule has 0 radical (unpaired) electrons. The second-order valence-electron chi connectivity index (χ2n) is 6.92. The molecule has 1 aliphatic carbocycles. The summed E-state index contributed by atoms with van der Waals surface area (Å²) >= 11 is 6.45. The Morgan fingerprint density at radius 2 is 2.00 bits per heavy atom. The summed E-state index contributed by atoms with van der Waals surface area (Å²) in [6.45, 7) is 6.49. The summed E-state index contributed by atoms with van der Waals surface area (Å²) in [5.41, 5.74) is 1.40. The zero-order valence-electron chi connectivity index (χ0n) is 15.1. The number of guanidine groups is 1. The number of benzene rings is 1. The van der Waals surface area contributed by atoms with Crippen molar-refractivity contribution >= 4 is 17.6 Å². The predicted molar refractivity (Wildman–Crippen MR) is 104 cm³/mol. The summed E-state index contributed by atoms with van der Waals surface area (Å²) in [7, 11) is 1.83. The molecule has 2 N–H and O–H groups in total. The van der Waals surface area contributed by atoms with Crippen LogP contribution in [0.25, 0.3) is 0 Å². The molecule has 0 amide bonds. The normalized spacial score (nSPS) is 20.8. The molecule has 25 heavy (non-hydrogen) atoms. The van der Waals surface area contributed by atoms with Crippen molar-refractivity contribution in [2.75, 3.05) is 53.0 Å². The highest BCUT2D eigenvalue weighted by atomic mass is 35.5. The van der Waals surface area contributed by atoms with Crippen molar-refractivity contribution in [3.8, 4) is 0 Å². The van der Waals surface area contributed by atoms with Gasteiger partial charge in [-0.25, -0.2) is 0 Å². The lowest BCUT2D eigenvalue weighted by atomic mass is 9.64. The monoisotopic (exact) mass is 364 g/mol. The van der Waals surface area contributed by atoms with Crippen LogP contribution in [0.1, 0.15) is 24.8 Å². The number of nitrogens with one attached hydrogen (secondary N) is 2. The van der Waals surface area contributed by atoms with Gasteiger partial charge in [0, 0.05) is 50.2 Å². The van der Waals surface area contributed by atoms with Crippen LogP contribution in [0.3, 0.4) is 0 Å². The second kappa shape index (κ2) is 8.88. The molecule has 0 aromatic heterocycles. The summed E-state index contributed by atoms with van der Waals surface area (Å²) in [6, 6.07) is 8.23. The number of hydrogen-bond acceptors (Lipinski definition) is 3. The van der Waals surface area contributed by atoms with E-state index in [0.29, 0.717) is 0 Å². The van der Waals surface area contributed by atoms with Gasteiger partial charge in [0.05, 0.1) is 13.2 Å². The third kappa shape index (κ3) is 4.66. The Bertz CT molecular complexity index is 583. The van der Waals surface area contributed by atoms with Crippen molar-refractivity contribution < 1.29 is 4.74 Å². The number of rotatable bonds is 6. The van der Waals surface area contributed by atoms with Crippen molar-refractivity contribution in [2.45, 2.75) is 24.7 Å². The fourth-order valence-corrected chi connectivity index (χ4v) is 4.00. The Morgan fingerprint density at radius 1 is 1.24 bits per heavy atom. The molecule has 1 saturated heterocycles. The minimum Gasteiger partial charge on any atom is -0.379 e. The fraction of sp³-hybridized carbons (Fsp3) is 0.632. The molecule has 1 heterocycles. The van der Waals surface area contributed by atoms with Crippen molar-refractivity contribution in [3.05, 3.63) is 34.9 Å². The van der Waals surface area contributed by atoms with Crippen LogP contribution in [-0.4, -0.2) is 63.8 Å². The van der Waals surface area contributed by atoms with Crippen LogP contribution in [0.2, 0.25) is 5.02 Å². The van der Waals surface area contributed by atoms with Gasteiger partial charge in [0.25, 0.3) is 0 Å². The summed E-state index contributed by atoms with van der Waals surface area (Å²) < 4.78 is 5.39. The van der Waals surface area contributed by atoms with E-state index >= 15 is 0 Å². The van der Waals surface area contributed by atoms with Gasteiger partial charge >= 0.3 is 0 Å². The van der Waals surface area contributed by atoms with Gasteiger partial charge in [-0.3, -0.25) is 9.89 Å². The van der Waals surface area contributed by atoms with Crippen LogP contribution in [0, 0.1) is 0 Å². The van der Waals surface area contributed by atoms with Crippen molar-refractivity contribution in [2.24, 2.45) is 4.99 Å². The van der Waals surface area contributed by atoms with Crippen molar-refractivity contribution in [3.63, 3.8) is 0 Å². The molecule has 2 fully saturated rings. The number of halogens is 1. The smallest absolute Gasteiger partial charge is 0.191 e. The molecule has 2 aliphatic rings. The fourth-order valence-electron chi connectivity index (χ4n) is 3.67. The first kappa shape index (κ1) is 18.5. The zero-order valence-corrected chi connectivity index (χ0v) is 15.8. The Morgan fingerprint density at radius 3 is 2.64 bits per heavy atom. The summed E-state index contributed by atoms with van der Waals surface area (Å²) in [4.78, 5) is 6.78. The molecule has 6 heteroatoms. The number of ether oxygens (including phenoxy) is 1. The van der Waals surface area contributed by atoms with Crippen LogP contribution in [0.15, 0.2) is 29.3 Å². The van der Waals surface area contributed by atoms with E-state index in [1.807, 2.05) is 19.2 Å². The third-order valence-electron chi connectivity index (χ3n) is 5.40. The maximum Gasteiger partial charge on any atom is 0.191 e. The Kier molecular flexibility index (Phi) is 6.57. The van der Waals surface area contributed by atoms with Gasteiger partial charge in [-0.15, -0.1) is 0 Å². The number of hydrogen-bond donors (Lipinski definition) is 2. The van der Waals surface area contributed by atoms with Crippen LogP contribution >= 0.6 is 11.6 Å². The molecule has 3 rings (SSSR count). The average molecular weight is 365 g/mol. The Hall–Kier alpha value is -1.30. The Labute approximate surface area is 155 Å². The molecule has 138 valence electrons. The molecule has 0 spiro atoms. The third-order valence-corrected chi connectivity index (χ3v) is 5.73. The van der Waals surface area contributed by atoms with Crippen LogP contribution in [-0.2, 0) is 10.2 Å².